The van der Waals surface area contributed by atoms with Gasteiger partial charge in [0.2, 0.25) is 0 Å². The van der Waals surface area contributed by atoms with Gasteiger partial charge < -0.3 is 18.9 Å². The average Bonchev–Trinajstić information content (AvgIpc) is 2.89. The minimum absolute atomic E-state index is 0.630. The molecule has 6 heteroatoms. The van der Waals surface area contributed by atoms with Crippen LogP contribution in [0.15, 0.2) is 72.8 Å². The zero-order valence-electron chi connectivity index (χ0n) is 20.3. The van der Waals surface area contributed by atoms with Gasteiger partial charge >= 0.3 is 0 Å². The fraction of sp³-hybridized carbons (Fsp3) is 0.133. The second kappa shape index (κ2) is 9.81. The van der Waals surface area contributed by atoms with Crippen LogP contribution in [0.4, 0.5) is 0 Å². The minimum atomic E-state index is 0.630. The molecule has 0 unspecified atom stereocenters. The minimum Gasteiger partial charge on any atom is -0.493 e. The van der Waals surface area contributed by atoms with Gasteiger partial charge in [-0.05, 0) is 92.3 Å². The Balaban J connectivity index is 2.08. The van der Waals surface area contributed by atoms with Crippen molar-refractivity contribution in [2.24, 2.45) is 0 Å². The van der Waals surface area contributed by atoms with Crippen LogP contribution in [-0.4, -0.2) is 28.4 Å². The fourth-order valence-corrected chi connectivity index (χ4v) is 5.17. The maximum Gasteiger partial charge on any atom is 0.161 e. The molecule has 5 aromatic rings. The Kier molecular flexibility index (Phi) is 6.57. The maximum absolute atomic E-state index is 6.45. The summed E-state index contributed by atoms with van der Waals surface area (Å²) in [6.07, 6.45) is 0. The summed E-state index contributed by atoms with van der Waals surface area (Å²) in [7, 11) is 6.54. The number of halogens is 2. The molecule has 0 N–H and O–H groups in total. The van der Waals surface area contributed by atoms with E-state index in [1.165, 1.54) is 0 Å². The fourth-order valence-electron chi connectivity index (χ4n) is 4.79. The molecule has 0 amide bonds. The first-order valence-corrected chi connectivity index (χ1v) is 12.0. The van der Waals surface area contributed by atoms with Crippen molar-refractivity contribution in [1.82, 2.24) is 0 Å². The Morgan fingerprint density at radius 2 is 0.750 bits per heavy atom. The smallest absolute Gasteiger partial charge is 0.161 e. The van der Waals surface area contributed by atoms with E-state index in [0.717, 1.165) is 43.8 Å². The second-order valence-electron chi connectivity index (χ2n) is 8.28. The SMILES string of the molecule is COc1cc2c(-c3cccc(Cl)c3)c3cc(OC)c(OC)cc3c(-c3cccc(Cl)c3)c2cc1OC. The van der Waals surface area contributed by atoms with Crippen molar-refractivity contribution in [2.45, 2.75) is 0 Å². The molecule has 36 heavy (non-hydrogen) atoms. The summed E-state index contributed by atoms with van der Waals surface area (Å²) in [5.74, 6) is 2.52. The lowest BCUT2D eigenvalue weighted by Crippen LogP contribution is -1.97. The van der Waals surface area contributed by atoms with Crippen molar-refractivity contribution in [1.29, 1.82) is 0 Å². The number of ether oxygens (including phenoxy) is 4. The highest BCUT2D eigenvalue weighted by Crippen LogP contribution is 2.49. The molecule has 0 aliphatic heterocycles. The summed E-state index contributed by atoms with van der Waals surface area (Å²) in [6, 6.07) is 23.7. The number of methoxy groups -OCH3 is 4. The van der Waals surface area contributed by atoms with Crippen LogP contribution >= 0.6 is 23.2 Å². The van der Waals surface area contributed by atoms with E-state index in [0.29, 0.717) is 33.0 Å². The first kappa shape index (κ1) is 24.1. The van der Waals surface area contributed by atoms with E-state index in [1.807, 2.05) is 72.8 Å². The van der Waals surface area contributed by atoms with Crippen LogP contribution in [0, 0.1) is 0 Å². The number of fused-ring (bicyclic) bond motifs is 2. The highest BCUT2D eigenvalue weighted by atomic mass is 35.5. The molecule has 0 aromatic heterocycles. The van der Waals surface area contributed by atoms with Crippen molar-refractivity contribution in [3.05, 3.63) is 82.8 Å². The third kappa shape index (κ3) is 4.06. The second-order valence-corrected chi connectivity index (χ2v) is 9.15. The molecule has 0 fully saturated rings. The van der Waals surface area contributed by atoms with Gasteiger partial charge in [0.15, 0.2) is 23.0 Å². The van der Waals surface area contributed by atoms with E-state index in [9.17, 15) is 0 Å². The molecule has 4 nitrogen and oxygen atoms in total. The van der Waals surface area contributed by atoms with Crippen molar-refractivity contribution >= 4 is 44.7 Å². The van der Waals surface area contributed by atoms with Gasteiger partial charge in [-0.15, -0.1) is 0 Å². The Labute approximate surface area is 219 Å². The molecule has 0 heterocycles. The predicted octanol–water partition coefficient (Wildman–Crippen LogP) is 8.67. The lowest BCUT2D eigenvalue weighted by Gasteiger charge is -2.21. The van der Waals surface area contributed by atoms with E-state index in [4.69, 9.17) is 42.1 Å². The van der Waals surface area contributed by atoms with E-state index in [2.05, 4.69) is 0 Å². The molecular formula is C30H24Cl2O4. The summed E-state index contributed by atoms with van der Waals surface area (Å²) < 4.78 is 22.8. The van der Waals surface area contributed by atoms with Gasteiger partial charge in [-0.25, -0.2) is 0 Å². The van der Waals surface area contributed by atoms with Crippen molar-refractivity contribution < 1.29 is 18.9 Å². The first-order valence-electron chi connectivity index (χ1n) is 11.3. The predicted molar refractivity (Wildman–Crippen MR) is 149 cm³/mol. The monoisotopic (exact) mass is 518 g/mol. The topological polar surface area (TPSA) is 36.9 Å². The van der Waals surface area contributed by atoms with E-state index >= 15 is 0 Å². The highest BCUT2D eigenvalue weighted by molar-refractivity contribution is 6.32. The normalized spacial score (nSPS) is 11.1. The van der Waals surface area contributed by atoms with Gasteiger partial charge in [0, 0.05) is 10.0 Å². The lowest BCUT2D eigenvalue weighted by molar-refractivity contribution is 0.355. The van der Waals surface area contributed by atoms with Gasteiger partial charge in [-0.2, -0.15) is 0 Å². The molecule has 0 radical (unpaired) electrons. The van der Waals surface area contributed by atoms with Crippen molar-refractivity contribution in [2.75, 3.05) is 28.4 Å². The number of hydrogen-bond acceptors (Lipinski definition) is 4. The molecule has 0 bridgehead atoms. The third-order valence-corrected chi connectivity index (χ3v) is 6.82. The summed E-state index contributed by atoms with van der Waals surface area (Å²) in [5, 5.41) is 5.20. The molecule has 0 atom stereocenters. The maximum atomic E-state index is 6.45. The van der Waals surface area contributed by atoms with Crippen LogP contribution in [0.3, 0.4) is 0 Å². The Bertz CT molecular complexity index is 1420. The molecular weight excluding hydrogens is 495 g/mol. The van der Waals surface area contributed by atoms with E-state index < -0.39 is 0 Å². The Morgan fingerprint density at radius 1 is 0.444 bits per heavy atom. The van der Waals surface area contributed by atoms with Crippen LogP contribution in [0.25, 0.3) is 43.8 Å². The molecule has 0 saturated heterocycles. The largest absolute Gasteiger partial charge is 0.493 e. The zero-order chi connectivity index (χ0) is 25.4. The van der Waals surface area contributed by atoms with E-state index in [1.54, 1.807) is 28.4 Å². The van der Waals surface area contributed by atoms with Crippen LogP contribution < -0.4 is 18.9 Å². The number of rotatable bonds is 6. The molecule has 0 saturated carbocycles. The molecule has 182 valence electrons. The van der Waals surface area contributed by atoms with Gasteiger partial charge in [0.1, 0.15) is 0 Å². The molecule has 0 spiro atoms. The van der Waals surface area contributed by atoms with Crippen LogP contribution in [0.1, 0.15) is 0 Å². The van der Waals surface area contributed by atoms with Crippen LogP contribution in [0.2, 0.25) is 10.0 Å². The quantitative estimate of drug-likeness (QED) is 0.210. The number of benzene rings is 5. The Hall–Kier alpha value is -3.60. The third-order valence-electron chi connectivity index (χ3n) is 6.35. The summed E-state index contributed by atoms with van der Waals surface area (Å²) in [4.78, 5) is 0. The average molecular weight is 519 g/mol. The summed E-state index contributed by atoms with van der Waals surface area (Å²) in [5.41, 5.74) is 3.93. The lowest BCUT2D eigenvalue weighted by atomic mass is 9.85. The van der Waals surface area contributed by atoms with Gasteiger partial charge in [0.25, 0.3) is 0 Å². The first-order chi connectivity index (χ1) is 17.5. The van der Waals surface area contributed by atoms with E-state index in [-0.39, 0.29) is 0 Å². The van der Waals surface area contributed by atoms with Crippen molar-refractivity contribution in [3.63, 3.8) is 0 Å². The van der Waals surface area contributed by atoms with Gasteiger partial charge in [-0.1, -0.05) is 47.5 Å². The zero-order valence-corrected chi connectivity index (χ0v) is 21.8. The molecule has 5 aromatic carbocycles. The molecule has 0 aliphatic carbocycles. The van der Waals surface area contributed by atoms with Gasteiger partial charge in [0.05, 0.1) is 28.4 Å². The van der Waals surface area contributed by atoms with Crippen LogP contribution in [-0.2, 0) is 0 Å². The summed E-state index contributed by atoms with van der Waals surface area (Å²) in [6.45, 7) is 0. The molecule has 0 aliphatic rings. The number of hydrogen-bond donors (Lipinski definition) is 0. The van der Waals surface area contributed by atoms with Crippen LogP contribution in [0.5, 0.6) is 23.0 Å². The van der Waals surface area contributed by atoms with Crippen molar-refractivity contribution in [3.8, 4) is 45.3 Å². The summed E-state index contributed by atoms with van der Waals surface area (Å²) >= 11 is 12.9. The Morgan fingerprint density at radius 3 is 1.00 bits per heavy atom. The standard InChI is InChI=1S/C30H24Cl2O4/c1-33-25-13-21-22(14-26(25)34-2)30(18-8-6-10-20(32)12-18)24-16-28(36-4)27(35-3)15-23(24)29(21)17-7-5-9-19(31)11-17/h5-16H,1-4H3. The molecule has 5 rings (SSSR count). The highest BCUT2D eigenvalue weighted by Gasteiger charge is 2.22. The van der Waals surface area contributed by atoms with Gasteiger partial charge in [-0.3, -0.25) is 0 Å².